The largest absolute Gasteiger partial charge is 0.338 e. The standard InChI is InChI=1S/C10H8FN3O2/c1-6-4-9(16-14-6)13-10(15)7-2-3-8(11)12-5-7/h2-5H,1H3,(H,13,15). The zero-order valence-corrected chi connectivity index (χ0v) is 8.40. The maximum absolute atomic E-state index is 12.5. The number of halogens is 1. The van der Waals surface area contributed by atoms with E-state index in [4.69, 9.17) is 4.52 Å². The molecule has 0 unspecified atom stereocenters. The molecule has 0 aliphatic carbocycles. The number of aromatic nitrogens is 2. The summed E-state index contributed by atoms with van der Waals surface area (Å²) in [6.07, 6.45) is 1.15. The van der Waals surface area contributed by atoms with Gasteiger partial charge in [-0.3, -0.25) is 10.1 Å². The number of rotatable bonds is 2. The molecule has 0 bridgehead atoms. The highest BCUT2D eigenvalue weighted by Crippen LogP contribution is 2.10. The van der Waals surface area contributed by atoms with Crippen molar-refractivity contribution in [3.63, 3.8) is 0 Å². The average Bonchev–Trinajstić information content (AvgIpc) is 2.65. The monoisotopic (exact) mass is 221 g/mol. The van der Waals surface area contributed by atoms with Crippen LogP contribution in [0.25, 0.3) is 0 Å². The normalized spacial score (nSPS) is 10.1. The van der Waals surface area contributed by atoms with Gasteiger partial charge in [-0.1, -0.05) is 5.16 Å². The lowest BCUT2D eigenvalue weighted by molar-refractivity contribution is 0.102. The minimum absolute atomic E-state index is 0.242. The molecule has 2 heterocycles. The van der Waals surface area contributed by atoms with Crippen molar-refractivity contribution in [2.45, 2.75) is 6.92 Å². The van der Waals surface area contributed by atoms with Crippen LogP contribution in [0.5, 0.6) is 0 Å². The fourth-order valence-electron chi connectivity index (χ4n) is 1.12. The number of hydrogen-bond acceptors (Lipinski definition) is 4. The topological polar surface area (TPSA) is 68.0 Å². The number of carbonyl (C=O) groups is 1. The van der Waals surface area contributed by atoms with E-state index in [1.54, 1.807) is 13.0 Å². The highest BCUT2D eigenvalue weighted by molar-refractivity contribution is 6.03. The average molecular weight is 221 g/mol. The Kier molecular flexibility index (Phi) is 2.63. The third-order valence-electron chi connectivity index (χ3n) is 1.85. The van der Waals surface area contributed by atoms with Crippen molar-refractivity contribution in [1.29, 1.82) is 0 Å². The molecule has 16 heavy (non-hydrogen) atoms. The fourth-order valence-corrected chi connectivity index (χ4v) is 1.12. The van der Waals surface area contributed by atoms with Crippen LogP contribution < -0.4 is 5.32 Å². The molecule has 0 atom stereocenters. The van der Waals surface area contributed by atoms with Gasteiger partial charge < -0.3 is 4.52 Å². The Morgan fingerprint density at radius 2 is 2.31 bits per heavy atom. The van der Waals surface area contributed by atoms with Crippen molar-refractivity contribution < 1.29 is 13.7 Å². The Bertz CT molecular complexity index is 507. The highest BCUT2D eigenvalue weighted by atomic mass is 19.1. The summed E-state index contributed by atoms with van der Waals surface area (Å²) < 4.78 is 17.3. The predicted octanol–water partition coefficient (Wildman–Crippen LogP) is 1.77. The van der Waals surface area contributed by atoms with Crippen LogP contribution in [0.1, 0.15) is 16.1 Å². The second-order valence-corrected chi connectivity index (χ2v) is 3.16. The second-order valence-electron chi connectivity index (χ2n) is 3.16. The molecule has 0 aliphatic heterocycles. The number of carbonyl (C=O) groups excluding carboxylic acids is 1. The van der Waals surface area contributed by atoms with Gasteiger partial charge in [0.2, 0.25) is 11.8 Å². The van der Waals surface area contributed by atoms with Crippen LogP contribution in [0.2, 0.25) is 0 Å². The predicted molar refractivity (Wildman–Crippen MR) is 53.4 cm³/mol. The summed E-state index contributed by atoms with van der Waals surface area (Å²) in [6.45, 7) is 1.73. The molecular weight excluding hydrogens is 213 g/mol. The molecule has 2 aromatic heterocycles. The maximum atomic E-state index is 12.5. The number of nitrogens with one attached hydrogen (secondary N) is 1. The van der Waals surface area contributed by atoms with E-state index >= 15 is 0 Å². The summed E-state index contributed by atoms with van der Waals surface area (Å²) in [4.78, 5) is 14.9. The number of pyridine rings is 1. The molecular formula is C10H8FN3O2. The van der Waals surface area contributed by atoms with Gasteiger partial charge in [0, 0.05) is 12.3 Å². The number of hydrogen-bond donors (Lipinski definition) is 1. The van der Waals surface area contributed by atoms with Crippen LogP contribution in [-0.2, 0) is 0 Å². The van der Waals surface area contributed by atoms with E-state index in [1.807, 2.05) is 0 Å². The van der Waals surface area contributed by atoms with E-state index in [0.717, 1.165) is 12.3 Å². The molecule has 0 fully saturated rings. The zero-order chi connectivity index (χ0) is 11.5. The van der Waals surface area contributed by atoms with E-state index in [-0.39, 0.29) is 11.4 Å². The van der Waals surface area contributed by atoms with Gasteiger partial charge in [0.1, 0.15) is 0 Å². The first-order valence-electron chi connectivity index (χ1n) is 4.51. The number of aryl methyl sites for hydroxylation is 1. The Labute approximate surface area is 90.3 Å². The molecule has 6 heteroatoms. The van der Waals surface area contributed by atoms with Crippen LogP contribution in [0.15, 0.2) is 28.9 Å². The maximum Gasteiger partial charge on any atom is 0.259 e. The van der Waals surface area contributed by atoms with Crippen molar-refractivity contribution in [1.82, 2.24) is 10.1 Å². The third kappa shape index (κ3) is 2.22. The number of anilines is 1. The van der Waals surface area contributed by atoms with Crippen LogP contribution in [0.4, 0.5) is 10.3 Å². The molecule has 0 spiro atoms. The van der Waals surface area contributed by atoms with Crippen LogP contribution >= 0.6 is 0 Å². The van der Waals surface area contributed by atoms with Gasteiger partial charge in [0.25, 0.3) is 5.91 Å². The molecule has 0 saturated carbocycles. The Morgan fingerprint density at radius 1 is 1.50 bits per heavy atom. The van der Waals surface area contributed by atoms with E-state index in [1.165, 1.54) is 6.07 Å². The van der Waals surface area contributed by atoms with E-state index in [0.29, 0.717) is 5.69 Å². The molecule has 0 radical (unpaired) electrons. The summed E-state index contributed by atoms with van der Waals surface area (Å²) in [5.74, 6) is -0.817. The van der Waals surface area contributed by atoms with Gasteiger partial charge in [-0.05, 0) is 19.1 Å². The van der Waals surface area contributed by atoms with Gasteiger partial charge in [0.05, 0.1) is 11.3 Å². The minimum Gasteiger partial charge on any atom is -0.338 e. The summed E-state index contributed by atoms with van der Waals surface area (Å²) in [5.41, 5.74) is 0.906. The van der Waals surface area contributed by atoms with Gasteiger partial charge in [-0.25, -0.2) is 4.98 Å². The van der Waals surface area contributed by atoms with Gasteiger partial charge in [0.15, 0.2) is 0 Å². The number of nitrogens with zero attached hydrogens (tertiary/aromatic N) is 2. The summed E-state index contributed by atoms with van der Waals surface area (Å²) >= 11 is 0. The van der Waals surface area contributed by atoms with E-state index in [2.05, 4.69) is 15.5 Å². The van der Waals surface area contributed by atoms with Crippen LogP contribution in [0.3, 0.4) is 0 Å². The first-order valence-corrected chi connectivity index (χ1v) is 4.51. The molecule has 2 rings (SSSR count). The third-order valence-corrected chi connectivity index (χ3v) is 1.85. The van der Waals surface area contributed by atoms with E-state index in [9.17, 15) is 9.18 Å². The fraction of sp³-hybridized carbons (Fsp3) is 0.100. The first kappa shape index (κ1) is 10.3. The smallest absolute Gasteiger partial charge is 0.259 e. The summed E-state index contributed by atoms with van der Waals surface area (Å²) in [5, 5.41) is 6.08. The van der Waals surface area contributed by atoms with E-state index < -0.39 is 11.9 Å². The molecule has 82 valence electrons. The quantitative estimate of drug-likeness (QED) is 0.784. The Morgan fingerprint density at radius 3 is 2.88 bits per heavy atom. The first-order chi connectivity index (χ1) is 7.65. The molecule has 2 aromatic rings. The van der Waals surface area contributed by atoms with Gasteiger partial charge in [-0.2, -0.15) is 4.39 Å². The van der Waals surface area contributed by atoms with Crippen LogP contribution in [-0.4, -0.2) is 16.0 Å². The van der Waals surface area contributed by atoms with Gasteiger partial charge >= 0.3 is 0 Å². The summed E-state index contributed by atoms with van der Waals surface area (Å²) in [7, 11) is 0. The van der Waals surface area contributed by atoms with Crippen molar-refractivity contribution in [2.24, 2.45) is 0 Å². The minimum atomic E-state index is -0.632. The molecule has 0 aliphatic rings. The Hall–Kier alpha value is -2.24. The molecule has 1 amide bonds. The number of amides is 1. The molecule has 0 aromatic carbocycles. The Balaban J connectivity index is 2.11. The van der Waals surface area contributed by atoms with Crippen molar-refractivity contribution >= 4 is 11.8 Å². The van der Waals surface area contributed by atoms with Crippen molar-refractivity contribution in [2.75, 3.05) is 5.32 Å². The van der Waals surface area contributed by atoms with Crippen LogP contribution in [0, 0.1) is 12.9 Å². The molecule has 5 nitrogen and oxygen atoms in total. The van der Waals surface area contributed by atoms with Crippen molar-refractivity contribution in [3.8, 4) is 0 Å². The summed E-state index contributed by atoms with van der Waals surface area (Å²) in [6, 6.07) is 4.02. The second kappa shape index (κ2) is 4.09. The van der Waals surface area contributed by atoms with Crippen molar-refractivity contribution in [3.05, 3.63) is 41.6 Å². The lowest BCUT2D eigenvalue weighted by Crippen LogP contribution is -2.11. The zero-order valence-electron chi connectivity index (χ0n) is 8.40. The molecule has 0 saturated heterocycles. The highest BCUT2D eigenvalue weighted by Gasteiger charge is 2.09. The lowest BCUT2D eigenvalue weighted by Gasteiger charge is -1.99. The molecule has 1 N–H and O–H groups in total. The SMILES string of the molecule is Cc1cc(NC(=O)c2ccc(F)nc2)on1. The lowest BCUT2D eigenvalue weighted by atomic mass is 10.3. The van der Waals surface area contributed by atoms with Gasteiger partial charge in [-0.15, -0.1) is 0 Å².